The molecule has 10 nitrogen and oxygen atoms in total. The van der Waals surface area contributed by atoms with Crippen molar-refractivity contribution in [2.24, 2.45) is 0 Å². The molecule has 3 aliphatic heterocycles. The minimum atomic E-state index is -4.33. The van der Waals surface area contributed by atoms with Crippen LogP contribution in [0.4, 0.5) is 5.69 Å². The lowest BCUT2D eigenvalue weighted by Crippen LogP contribution is -2.71. The average molecular weight is 545 g/mol. The molecule has 0 aliphatic carbocycles. The Balaban J connectivity index is 1.60. The van der Waals surface area contributed by atoms with Gasteiger partial charge in [-0.1, -0.05) is 54.6 Å². The number of hydrogen-bond acceptors (Lipinski definition) is 6. The van der Waals surface area contributed by atoms with Gasteiger partial charge in [0.1, 0.15) is 6.17 Å². The van der Waals surface area contributed by atoms with Gasteiger partial charge in [0, 0.05) is 30.6 Å². The summed E-state index contributed by atoms with van der Waals surface area (Å²) in [5.74, 6) is -1.86. The van der Waals surface area contributed by atoms with Crippen molar-refractivity contribution in [1.29, 1.82) is 0 Å². The number of hydrogen-bond donors (Lipinski definition) is 3. The first-order valence-electron chi connectivity index (χ1n) is 12.4. The summed E-state index contributed by atoms with van der Waals surface area (Å²) in [6, 6.07) is 22.1. The largest absolute Gasteiger partial charge is 0.365 e. The normalized spacial score (nSPS) is 28.1. The van der Waals surface area contributed by atoms with Gasteiger partial charge in [0.25, 0.3) is 21.8 Å². The maximum absolute atomic E-state index is 14.4. The number of H-pyrrole nitrogens is 1. The maximum Gasteiger partial charge on any atom is 0.278 e. The fourth-order valence-corrected chi connectivity index (χ4v) is 8.34. The van der Waals surface area contributed by atoms with Crippen LogP contribution in [0.3, 0.4) is 0 Å². The van der Waals surface area contributed by atoms with E-state index < -0.39 is 45.4 Å². The van der Waals surface area contributed by atoms with Crippen LogP contribution in [0.25, 0.3) is 10.9 Å². The van der Waals surface area contributed by atoms with Gasteiger partial charge in [-0.25, -0.2) is 12.7 Å². The van der Waals surface area contributed by atoms with E-state index in [4.69, 9.17) is 0 Å². The lowest BCUT2D eigenvalue weighted by molar-refractivity contribution is -0.207. The molecule has 2 amide bonds. The molecule has 1 aromatic heterocycles. The fourth-order valence-electron chi connectivity index (χ4n) is 6.65. The lowest BCUT2D eigenvalue weighted by Gasteiger charge is -2.46. The second kappa shape index (κ2) is 7.69. The van der Waals surface area contributed by atoms with Crippen LogP contribution in [-0.4, -0.2) is 70.4 Å². The van der Waals surface area contributed by atoms with E-state index in [9.17, 15) is 28.2 Å². The van der Waals surface area contributed by atoms with E-state index in [0.29, 0.717) is 16.8 Å². The Morgan fingerprint density at radius 1 is 0.923 bits per heavy atom. The van der Waals surface area contributed by atoms with Gasteiger partial charge in [0.05, 0.1) is 16.0 Å². The van der Waals surface area contributed by atoms with Crippen molar-refractivity contribution in [3.63, 3.8) is 0 Å². The number of nitrogens with one attached hydrogen (secondary N) is 1. The van der Waals surface area contributed by atoms with Crippen molar-refractivity contribution >= 4 is 38.4 Å². The number of piperazine rings is 1. The van der Waals surface area contributed by atoms with Crippen molar-refractivity contribution in [3.8, 4) is 0 Å². The second-order valence-corrected chi connectivity index (χ2v) is 12.0. The number of amides is 2. The first-order chi connectivity index (χ1) is 18.6. The van der Waals surface area contributed by atoms with Crippen molar-refractivity contribution in [1.82, 2.24) is 14.8 Å². The number of benzene rings is 3. The van der Waals surface area contributed by atoms with Crippen LogP contribution in [0.15, 0.2) is 90.0 Å². The predicted molar refractivity (Wildman–Crippen MR) is 141 cm³/mol. The van der Waals surface area contributed by atoms with Crippen molar-refractivity contribution in [2.45, 2.75) is 34.8 Å². The van der Waals surface area contributed by atoms with Crippen molar-refractivity contribution in [2.75, 3.05) is 11.4 Å². The van der Waals surface area contributed by atoms with Crippen LogP contribution in [0.5, 0.6) is 0 Å². The summed E-state index contributed by atoms with van der Waals surface area (Å²) in [5.41, 5.74) is -1.50. The molecule has 7 rings (SSSR count). The number of para-hydroxylation sites is 2. The molecule has 4 aromatic rings. The topological polar surface area (TPSA) is 134 Å². The van der Waals surface area contributed by atoms with E-state index in [1.807, 2.05) is 24.3 Å². The summed E-state index contributed by atoms with van der Waals surface area (Å²) in [4.78, 5) is 32.2. The molecule has 4 heterocycles. The van der Waals surface area contributed by atoms with Crippen LogP contribution in [0.2, 0.25) is 0 Å². The predicted octanol–water partition coefficient (Wildman–Crippen LogP) is 1.70. The zero-order chi connectivity index (χ0) is 27.3. The molecule has 3 aromatic carbocycles. The summed E-state index contributed by atoms with van der Waals surface area (Å²) in [5, 5.41) is 23.5. The highest BCUT2D eigenvalue weighted by atomic mass is 32.2. The first kappa shape index (κ1) is 23.9. The van der Waals surface area contributed by atoms with Crippen molar-refractivity contribution in [3.05, 3.63) is 96.2 Å². The van der Waals surface area contributed by atoms with E-state index in [2.05, 4.69) is 4.98 Å². The molecule has 4 atom stereocenters. The van der Waals surface area contributed by atoms with E-state index in [1.54, 1.807) is 48.7 Å². The third-order valence-corrected chi connectivity index (χ3v) is 10.1. The molecule has 0 unspecified atom stereocenters. The molecule has 3 N–H and O–H groups in total. The number of fused-ring (bicyclic) bond motifs is 6. The van der Waals surface area contributed by atoms with Gasteiger partial charge in [-0.15, -0.1) is 0 Å². The Labute approximate surface area is 223 Å². The number of likely N-dealkylation sites (N-methyl/N-ethyl adjacent to an activating group) is 1. The molecule has 3 aliphatic rings. The Kier molecular flexibility index (Phi) is 4.71. The third kappa shape index (κ3) is 2.79. The number of aromatic nitrogens is 1. The number of sulfonamides is 1. The third-order valence-electron chi connectivity index (χ3n) is 8.31. The highest BCUT2D eigenvalue weighted by Crippen LogP contribution is 2.62. The average Bonchev–Trinajstić information content (AvgIpc) is 3.58. The highest BCUT2D eigenvalue weighted by Gasteiger charge is 2.74. The molecule has 198 valence electrons. The number of aromatic amines is 1. The summed E-state index contributed by atoms with van der Waals surface area (Å²) in [7, 11) is -3.09. The molecule has 0 spiro atoms. The standard InChI is InChI=1S/C28H24N4O6S/c1-30-23(33)24(34)31-25-27(16-28(31,36)26(30)35,20-15-29-21-13-7-5-11-18(20)21)19-12-6-8-14-22(19)32(25)39(37,38)17-9-3-2-4-10-17/h2-15,23,25,29,33,36H,16H2,1H3/t23-,25+,27-,28-/m1/s1. The zero-order valence-corrected chi connectivity index (χ0v) is 21.5. The minimum absolute atomic E-state index is 0.0154. The van der Waals surface area contributed by atoms with Gasteiger partial charge in [-0.3, -0.25) is 14.5 Å². The van der Waals surface area contributed by atoms with Gasteiger partial charge in [0.2, 0.25) is 12.0 Å². The zero-order valence-electron chi connectivity index (χ0n) is 20.7. The van der Waals surface area contributed by atoms with Gasteiger partial charge in [-0.05, 0) is 35.4 Å². The number of nitrogens with zero attached hydrogens (tertiary/aromatic N) is 3. The van der Waals surface area contributed by atoms with Crippen LogP contribution in [-0.2, 0) is 25.0 Å². The Morgan fingerprint density at radius 3 is 2.36 bits per heavy atom. The molecule has 0 radical (unpaired) electrons. The lowest BCUT2D eigenvalue weighted by atomic mass is 9.71. The monoisotopic (exact) mass is 544 g/mol. The highest BCUT2D eigenvalue weighted by molar-refractivity contribution is 7.92. The van der Waals surface area contributed by atoms with Crippen LogP contribution >= 0.6 is 0 Å². The number of carbonyl (C=O) groups is 2. The summed E-state index contributed by atoms with van der Waals surface area (Å²) in [6.45, 7) is 0. The number of rotatable bonds is 3. The van der Waals surface area contributed by atoms with E-state index in [-0.39, 0.29) is 11.3 Å². The van der Waals surface area contributed by atoms with Gasteiger partial charge in [-0.2, -0.15) is 0 Å². The van der Waals surface area contributed by atoms with Crippen LogP contribution < -0.4 is 4.31 Å². The number of aliphatic hydroxyl groups is 2. The first-order valence-corrected chi connectivity index (χ1v) is 13.8. The van der Waals surface area contributed by atoms with Gasteiger partial charge < -0.3 is 20.1 Å². The molecular formula is C28H24N4O6S. The van der Waals surface area contributed by atoms with E-state index >= 15 is 0 Å². The number of anilines is 1. The maximum atomic E-state index is 14.4. The van der Waals surface area contributed by atoms with Crippen LogP contribution in [0, 0.1) is 0 Å². The van der Waals surface area contributed by atoms with Crippen LogP contribution in [0.1, 0.15) is 17.5 Å². The molecule has 11 heteroatoms. The minimum Gasteiger partial charge on any atom is -0.365 e. The molecule has 0 bridgehead atoms. The number of carbonyl (C=O) groups excluding carboxylic acids is 2. The Hall–Kier alpha value is -4.19. The quantitative estimate of drug-likeness (QED) is 0.360. The van der Waals surface area contributed by atoms with Gasteiger partial charge >= 0.3 is 0 Å². The van der Waals surface area contributed by atoms with Gasteiger partial charge in [0.15, 0.2) is 0 Å². The summed E-state index contributed by atoms with van der Waals surface area (Å²) < 4.78 is 29.9. The van der Waals surface area contributed by atoms with E-state index in [1.165, 1.54) is 19.2 Å². The fraction of sp³-hybridized carbons (Fsp3) is 0.214. The molecule has 0 saturated carbocycles. The SMILES string of the molecule is CN1C(=O)[C@]2(O)C[C@]3(c4c[nH]c5ccccc45)c4ccccc4N(S(=O)(=O)c4ccccc4)[C@@H]3N2C(=O)[C@H]1O. The molecular weight excluding hydrogens is 520 g/mol. The number of aliphatic hydroxyl groups excluding tert-OH is 1. The smallest absolute Gasteiger partial charge is 0.278 e. The summed E-state index contributed by atoms with van der Waals surface area (Å²) in [6.07, 6.45) is -1.85. The molecule has 39 heavy (non-hydrogen) atoms. The molecule has 2 fully saturated rings. The summed E-state index contributed by atoms with van der Waals surface area (Å²) >= 11 is 0. The Bertz CT molecular complexity index is 1790. The molecule has 2 saturated heterocycles. The van der Waals surface area contributed by atoms with Crippen molar-refractivity contribution < 1.29 is 28.2 Å². The Morgan fingerprint density at radius 2 is 1.59 bits per heavy atom. The second-order valence-electron chi connectivity index (χ2n) is 10.2. The van der Waals surface area contributed by atoms with E-state index in [0.717, 1.165) is 25.0 Å².